The number of rotatable bonds is 10. The highest BCUT2D eigenvalue weighted by molar-refractivity contribution is 6.30. The summed E-state index contributed by atoms with van der Waals surface area (Å²) in [5.41, 5.74) is 1.72. The standard InChI is InChI=1S/C23H32ClN5O4/c1-15-10-20(27-16(2)21(15)22(32)28-19(13-30)14-31)33-9-3-4-17-5-7-29(8-6-17)23-25-11-18(24)12-26-23/h10-12,17,19,30-31H,3-9,13-14H2,1-2H3,(H,28,32). The molecule has 1 aliphatic rings. The highest BCUT2D eigenvalue weighted by atomic mass is 35.5. The summed E-state index contributed by atoms with van der Waals surface area (Å²) in [5, 5.41) is 21.5. The second-order valence-electron chi connectivity index (χ2n) is 8.40. The van der Waals surface area contributed by atoms with E-state index in [0.29, 0.717) is 34.7 Å². The van der Waals surface area contributed by atoms with Crippen LogP contribution in [0.15, 0.2) is 18.5 Å². The molecule has 2 aromatic rings. The number of halogens is 1. The van der Waals surface area contributed by atoms with Gasteiger partial charge in [-0.3, -0.25) is 4.79 Å². The molecule has 1 aliphatic heterocycles. The van der Waals surface area contributed by atoms with Crippen LogP contribution in [0.4, 0.5) is 5.95 Å². The van der Waals surface area contributed by atoms with E-state index in [9.17, 15) is 15.0 Å². The maximum absolute atomic E-state index is 12.5. The van der Waals surface area contributed by atoms with Gasteiger partial charge in [0, 0.05) is 19.2 Å². The highest BCUT2D eigenvalue weighted by Crippen LogP contribution is 2.25. The van der Waals surface area contributed by atoms with Gasteiger partial charge < -0.3 is 25.2 Å². The fourth-order valence-electron chi connectivity index (χ4n) is 4.06. The largest absolute Gasteiger partial charge is 0.478 e. The van der Waals surface area contributed by atoms with Gasteiger partial charge in [0.2, 0.25) is 11.8 Å². The second-order valence-corrected chi connectivity index (χ2v) is 8.83. The van der Waals surface area contributed by atoms with Crippen LogP contribution in [-0.2, 0) is 0 Å². The zero-order chi connectivity index (χ0) is 23.8. The predicted molar refractivity (Wildman–Crippen MR) is 126 cm³/mol. The van der Waals surface area contributed by atoms with Crippen LogP contribution < -0.4 is 15.0 Å². The molecule has 33 heavy (non-hydrogen) atoms. The molecule has 0 spiro atoms. The van der Waals surface area contributed by atoms with Gasteiger partial charge in [0.1, 0.15) is 0 Å². The summed E-state index contributed by atoms with van der Waals surface area (Å²) in [5.74, 6) is 1.51. The van der Waals surface area contributed by atoms with Gasteiger partial charge in [0.05, 0.1) is 54.5 Å². The lowest BCUT2D eigenvalue weighted by Crippen LogP contribution is -2.40. The molecule has 9 nitrogen and oxygen atoms in total. The Kier molecular flexibility index (Phi) is 9.22. The van der Waals surface area contributed by atoms with Gasteiger partial charge in [-0.15, -0.1) is 0 Å². The van der Waals surface area contributed by atoms with E-state index >= 15 is 0 Å². The Morgan fingerprint density at radius 1 is 1.24 bits per heavy atom. The first-order valence-corrected chi connectivity index (χ1v) is 11.6. The number of carbonyl (C=O) groups is 1. The molecule has 1 amide bonds. The Bertz CT molecular complexity index is 893. The summed E-state index contributed by atoms with van der Waals surface area (Å²) in [7, 11) is 0. The smallest absolute Gasteiger partial charge is 0.253 e. The number of nitrogens with zero attached hydrogens (tertiary/aromatic N) is 4. The van der Waals surface area contributed by atoms with Crippen molar-refractivity contribution in [1.29, 1.82) is 0 Å². The molecule has 0 saturated carbocycles. The predicted octanol–water partition coefficient (Wildman–Crippen LogP) is 2.30. The fraction of sp³-hybridized carbons (Fsp3) is 0.565. The summed E-state index contributed by atoms with van der Waals surface area (Å²) in [4.78, 5) is 27.7. The van der Waals surface area contributed by atoms with Crippen LogP contribution in [0.3, 0.4) is 0 Å². The van der Waals surface area contributed by atoms with E-state index in [1.165, 1.54) is 0 Å². The van der Waals surface area contributed by atoms with E-state index in [-0.39, 0.29) is 19.1 Å². The molecule has 0 aliphatic carbocycles. The molecule has 2 aromatic heterocycles. The van der Waals surface area contributed by atoms with Crippen LogP contribution in [-0.4, -0.2) is 70.0 Å². The normalized spacial score (nSPS) is 14.5. The van der Waals surface area contributed by atoms with Crippen molar-refractivity contribution < 1.29 is 19.7 Å². The quantitative estimate of drug-likeness (QED) is 0.446. The number of nitrogens with one attached hydrogen (secondary N) is 1. The van der Waals surface area contributed by atoms with Gasteiger partial charge >= 0.3 is 0 Å². The Labute approximate surface area is 199 Å². The summed E-state index contributed by atoms with van der Waals surface area (Å²) in [6.07, 6.45) is 7.45. The molecule has 10 heteroatoms. The Balaban J connectivity index is 1.43. The van der Waals surface area contributed by atoms with Crippen LogP contribution in [0.5, 0.6) is 5.88 Å². The second kappa shape index (κ2) is 12.1. The van der Waals surface area contributed by atoms with Crippen molar-refractivity contribution in [2.24, 2.45) is 5.92 Å². The lowest BCUT2D eigenvalue weighted by Gasteiger charge is -2.31. The zero-order valence-electron chi connectivity index (χ0n) is 19.1. The lowest BCUT2D eigenvalue weighted by atomic mass is 9.92. The molecule has 3 N–H and O–H groups in total. The Hall–Kier alpha value is -2.49. The van der Waals surface area contributed by atoms with Gasteiger partial charge in [0.15, 0.2) is 0 Å². The number of anilines is 1. The van der Waals surface area contributed by atoms with Crippen LogP contribution in [0.25, 0.3) is 0 Å². The summed E-state index contributed by atoms with van der Waals surface area (Å²) < 4.78 is 5.85. The maximum atomic E-state index is 12.5. The Morgan fingerprint density at radius 2 is 1.91 bits per heavy atom. The van der Waals surface area contributed by atoms with E-state index < -0.39 is 6.04 Å². The number of aryl methyl sites for hydroxylation is 2. The third-order valence-corrected chi connectivity index (χ3v) is 6.08. The van der Waals surface area contributed by atoms with Crippen LogP contribution in [0.1, 0.15) is 47.3 Å². The molecule has 1 fully saturated rings. The average Bonchev–Trinajstić information content (AvgIpc) is 2.81. The monoisotopic (exact) mass is 477 g/mol. The molecule has 3 heterocycles. The summed E-state index contributed by atoms with van der Waals surface area (Å²) >= 11 is 5.86. The number of carbonyl (C=O) groups excluding carboxylic acids is 1. The van der Waals surface area contributed by atoms with Gasteiger partial charge in [-0.2, -0.15) is 0 Å². The molecule has 3 rings (SSSR count). The van der Waals surface area contributed by atoms with Crippen molar-refractivity contribution in [1.82, 2.24) is 20.3 Å². The average molecular weight is 478 g/mol. The molecule has 0 radical (unpaired) electrons. The van der Waals surface area contributed by atoms with E-state index in [1.54, 1.807) is 25.4 Å². The van der Waals surface area contributed by atoms with E-state index in [2.05, 4.69) is 25.2 Å². The topological polar surface area (TPSA) is 121 Å². The lowest BCUT2D eigenvalue weighted by molar-refractivity contribution is 0.0877. The fourth-order valence-corrected chi connectivity index (χ4v) is 4.16. The third kappa shape index (κ3) is 6.99. The van der Waals surface area contributed by atoms with E-state index in [1.807, 2.05) is 6.92 Å². The molecule has 1 saturated heterocycles. The van der Waals surface area contributed by atoms with Crippen LogP contribution in [0, 0.1) is 19.8 Å². The Morgan fingerprint density at radius 3 is 2.52 bits per heavy atom. The molecule has 180 valence electrons. The summed E-state index contributed by atoms with van der Waals surface area (Å²) in [6.45, 7) is 5.34. The van der Waals surface area contributed by atoms with Crippen LogP contribution in [0.2, 0.25) is 5.02 Å². The third-order valence-electron chi connectivity index (χ3n) is 5.89. The van der Waals surface area contributed by atoms with Gasteiger partial charge in [-0.05, 0) is 51.0 Å². The first-order valence-electron chi connectivity index (χ1n) is 11.3. The summed E-state index contributed by atoms with van der Waals surface area (Å²) in [6, 6.07) is 1.05. The molecular formula is C23H32ClN5O4. The first-order chi connectivity index (χ1) is 15.9. The number of ether oxygens (including phenoxy) is 1. The highest BCUT2D eigenvalue weighted by Gasteiger charge is 2.21. The van der Waals surface area contributed by atoms with Gasteiger partial charge in [-0.1, -0.05) is 11.6 Å². The number of piperidine rings is 1. The minimum Gasteiger partial charge on any atom is -0.478 e. The van der Waals surface area contributed by atoms with Crippen molar-refractivity contribution in [3.8, 4) is 5.88 Å². The van der Waals surface area contributed by atoms with Crippen molar-refractivity contribution in [2.75, 3.05) is 37.8 Å². The van der Waals surface area contributed by atoms with Gasteiger partial charge in [-0.25, -0.2) is 15.0 Å². The van der Waals surface area contributed by atoms with E-state index in [4.69, 9.17) is 16.3 Å². The SMILES string of the molecule is Cc1cc(OCCCC2CCN(c3ncc(Cl)cn3)CC2)nc(C)c1C(=O)NC(CO)CO. The zero-order valence-corrected chi connectivity index (χ0v) is 19.9. The van der Waals surface area contributed by atoms with Crippen molar-refractivity contribution >= 4 is 23.5 Å². The van der Waals surface area contributed by atoms with Crippen LogP contribution >= 0.6 is 11.6 Å². The molecule has 0 atom stereocenters. The number of aliphatic hydroxyl groups is 2. The van der Waals surface area contributed by atoms with Crippen molar-refractivity contribution in [3.05, 3.63) is 40.3 Å². The molecular weight excluding hydrogens is 446 g/mol. The van der Waals surface area contributed by atoms with Gasteiger partial charge in [0.25, 0.3) is 5.91 Å². The van der Waals surface area contributed by atoms with Crippen molar-refractivity contribution in [2.45, 2.75) is 45.6 Å². The number of hydrogen-bond donors (Lipinski definition) is 3. The molecule has 0 unspecified atom stereocenters. The first kappa shape index (κ1) is 25.1. The molecule has 0 aromatic carbocycles. The number of aliphatic hydroxyl groups excluding tert-OH is 2. The number of pyridine rings is 1. The number of amides is 1. The molecule has 0 bridgehead atoms. The number of hydrogen-bond acceptors (Lipinski definition) is 8. The minimum atomic E-state index is -0.696. The minimum absolute atomic E-state index is 0.330. The van der Waals surface area contributed by atoms with Crippen molar-refractivity contribution in [3.63, 3.8) is 0 Å². The maximum Gasteiger partial charge on any atom is 0.253 e. The van der Waals surface area contributed by atoms with E-state index in [0.717, 1.165) is 50.3 Å². The number of aromatic nitrogens is 3.